The number of hydrogen-bond acceptors (Lipinski definition) is 7. The highest BCUT2D eigenvalue weighted by Gasteiger charge is 2.32. The molecular formula is C19H23N3O6S. The average Bonchev–Trinajstić information content (AvgIpc) is 3.08. The van der Waals surface area contributed by atoms with Crippen LogP contribution in [0.5, 0.6) is 11.5 Å². The van der Waals surface area contributed by atoms with Crippen molar-refractivity contribution in [3.05, 3.63) is 40.7 Å². The Labute approximate surface area is 168 Å². The van der Waals surface area contributed by atoms with E-state index in [1.54, 1.807) is 31.3 Å². The maximum absolute atomic E-state index is 12.6. The molecule has 29 heavy (non-hydrogen) atoms. The fourth-order valence-electron chi connectivity index (χ4n) is 3.24. The number of rotatable bonds is 6. The molecular weight excluding hydrogens is 398 g/mol. The first-order valence-corrected chi connectivity index (χ1v) is 10.8. The Bertz CT molecular complexity index is 1080. The fourth-order valence-corrected chi connectivity index (χ4v) is 5.01. The number of nitrogens with zero attached hydrogens (tertiary/aromatic N) is 3. The molecule has 10 heteroatoms. The van der Waals surface area contributed by atoms with Crippen molar-refractivity contribution >= 4 is 15.7 Å². The van der Waals surface area contributed by atoms with Gasteiger partial charge in [-0.2, -0.15) is 5.10 Å². The second-order valence-electron chi connectivity index (χ2n) is 6.85. The van der Waals surface area contributed by atoms with Gasteiger partial charge in [0.25, 0.3) is 5.56 Å². The summed E-state index contributed by atoms with van der Waals surface area (Å²) in [6.07, 6.45) is 0.401. The SMILES string of the molecule is COc1ccc(-c2ccc(=O)n(CC(=O)N(C)C3CCS(=O)(=O)C3)n2)cc1OC. The van der Waals surface area contributed by atoms with Gasteiger partial charge in [-0.15, -0.1) is 0 Å². The molecule has 1 aromatic carbocycles. The van der Waals surface area contributed by atoms with Gasteiger partial charge in [-0.05, 0) is 30.7 Å². The largest absolute Gasteiger partial charge is 0.493 e. The molecule has 1 unspecified atom stereocenters. The topological polar surface area (TPSA) is 108 Å². The van der Waals surface area contributed by atoms with Gasteiger partial charge < -0.3 is 14.4 Å². The molecule has 0 bridgehead atoms. The number of carbonyl (C=O) groups excluding carboxylic acids is 1. The molecule has 1 atom stereocenters. The number of amides is 1. The fraction of sp³-hybridized carbons (Fsp3) is 0.421. The number of ether oxygens (including phenoxy) is 2. The van der Waals surface area contributed by atoms with Crippen LogP contribution in [0.3, 0.4) is 0 Å². The summed E-state index contributed by atoms with van der Waals surface area (Å²) in [5.74, 6) is 0.729. The summed E-state index contributed by atoms with van der Waals surface area (Å²) in [6.45, 7) is -0.271. The minimum atomic E-state index is -3.11. The first-order chi connectivity index (χ1) is 13.7. The normalized spacial score (nSPS) is 17.7. The predicted molar refractivity (Wildman–Crippen MR) is 107 cm³/mol. The van der Waals surface area contributed by atoms with E-state index in [0.29, 0.717) is 29.2 Å². The minimum absolute atomic E-state index is 0.0523. The number of methoxy groups -OCH3 is 2. The third-order valence-electron chi connectivity index (χ3n) is 4.98. The maximum atomic E-state index is 12.6. The molecule has 3 rings (SSSR count). The molecule has 1 aliphatic heterocycles. The van der Waals surface area contributed by atoms with E-state index in [1.165, 1.54) is 25.2 Å². The number of sulfone groups is 1. The molecule has 0 N–H and O–H groups in total. The van der Waals surface area contributed by atoms with E-state index in [0.717, 1.165) is 4.68 Å². The second-order valence-corrected chi connectivity index (χ2v) is 9.07. The van der Waals surface area contributed by atoms with Crippen molar-refractivity contribution in [1.82, 2.24) is 14.7 Å². The zero-order valence-corrected chi connectivity index (χ0v) is 17.3. The average molecular weight is 421 g/mol. The van der Waals surface area contributed by atoms with Crippen LogP contribution in [0.4, 0.5) is 0 Å². The lowest BCUT2D eigenvalue weighted by atomic mass is 10.1. The van der Waals surface area contributed by atoms with Crippen LogP contribution in [-0.2, 0) is 21.2 Å². The van der Waals surface area contributed by atoms with Crippen molar-refractivity contribution < 1.29 is 22.7 Å². The van der Waals surface area contributed by atoms with E-state index in [2.05, 4.69) is 5.10 Å². The van der Waals surface area contributed by atoms with Gasteiger partial charge in [-0.1, -0.05) is 0 Å². The van der Waals surface area contributed by atoms with E-state index < -0.39 is 15.4 Å². The third kappa shape index (κ3) is 4.58. The number of benzene rings is 1. The minimum Gasteiger partial charge on any atom is -0.493 e. The summed E-state index contributed by atoms with van der Waals surface area (Å²) in [7, 11) is 1.50. The molecule has 9 nitrogen and oxygen atoms in total. The standard InChI is InChI=1S/C19H23N3O6S/c1-21(14-8-9-29(25,26)12-14)19(24)11-22-18(23)7-5-15(20-22)13-4-6-16(27-2)17(10-13)28-3/h4-7,10,14H,8-9,11-12H2,1-3H3. The molecule has 1 aromatic heterocycles. The van der Waals surface area contributed by atoms with Crippen LogP contribution < -0.4 is 15.0 Å². The molecule has 156 valence electrons. The molecule has 1 amide bonds. The quantitative estimate of drug-likeness (QED) is 0.671. The van der Waals surface area contributed by atoms with E-state index in [9.17, 15) is 18.0 Å². The van der Waals surface area contributed by atoms with Gasteiger partial charge in [0.1, 0.15) is 6.54 Å². The summed E-state index contributed by atoms with van der Waals surface area (Å²) in [6, 6.07) is 7.76. The molecule has 2 aromatic rings. The highest BCUT2D eigenvalue weighted by atomic mass is 32.2. The van der Waals surface area contributed by atoms with Crippen molar-refractivity contribution in [1.29, 1.82) is 0 Å². The zero-order chi connectivity index (χ0) is 21.2. The van der Waals surface area contributed by atoms with Gasteiger partial charge in [-0.25, -0.2) is 13.1 Å². The molecule has 0 aliphatic carbocycles. The van der Waals surface area contributed by atoms with E-state index in [4.69, 9.17) is 9.47 Å². The summed E-state index contributed by atoms with van der Waals surface area (Å²) >= 11 is 0. The van der Waals surface area contributed by atoms with Gasteiger partial charge >= 0.3 is 0 Å². The molecule has 1 aliphatic rings. The van der Waals surface area contributed by atoms with Crippen molar-refractivity contribution in [3.63, 3.8) is 0 Å². The van der Waals surface area contributed by atoms with Crippen LogP contribution in [0.25, 0.3) is 11.3 Å². The summed E-state index contributed by atoms with van der Waals surface area (Å²) in [4.78, 5) is 26.2. The summed E-state index contributed by atoms with van der Waals surface area (Å²) in [5.41, 5.74) is 0.763. The molecule has 1 saturated heterocycles. The Morgan fingerprint density at radius 3 is 2.55 bits per heavy atom. The lowest BCUT2D eigenvalue weighted by molar-refractivity contribution is -0.132. The maximum Gasteiger partial charge on any atom is 0.267 e. The Balaban J connectivity index is 1.82. The highest BCUT2D eigenvalue weighted by molar-refractivity contribution is 7.91. The predicted octanol–water partition coefficient (Wildman–Crippen LogP) is 0.573. The van der Waals surface area contributed by atoms with E-state index in [1.807, 2.05) is 0 Å². The molecule has 0 saturated carbocycles. The van der Waals surface area contributed by atoms with Crippen LogP contribution in [-0.4, -0.2) is 67.8 Å². The van der Waals surface area contributed by atoms with Crippen LogP contribution in [0.15, 0.2) is 35.1 Å². The van der Waals surface area contributed by atoms with Gasteiger partial charge in [0.2, 0.25) is 5.91 Å². The van der Waals surface area contributed by atoms with Gasteiger partial charge in [0.05, 0.1) is 31.4 Å². The van der Waals surface area contributed by atoms with Gasteiger partial charge in [0.15, 0.2) is 21.3 Å². The summed E-state index contributed by atoms with van der Waals surface area (Å²) < 4.78 is 34.9. The number of likely N-dealkylation sites (N-methyl/N-ethyl adjacent to an activating group) is 1. The number of hydrogen-bond donors (Lipinski definition) is 0. The van der Waals surface area contributed by atoms with Crippen molar-refractivity contribution in [2.75, 3.05) is 32.8 Å². The van der Waals surface area contributed by atoms with Gasteiger partial charge in [0, 0.05) is 24.7 Å². The van der Waals surface area contributed by atoms with Crippen LogP contribution in [0.2, 0.25) is 0 Å². The number of aromatic nitrogens is 2. The smallest absolute Gasteiger partial charge is 0.267 e. The first-order valence-electron chi connectivity index (χ1n) is 9.00. The van der Waals surface area contributed by atoms with Crippen LogP contribution in [0.1, 0.15) is 6.42 Å². The van der Waals surface area contributed by atoms with Crippen molar-refractivity contribution in [3.8, 4) is 22.8 Å². The lowest BCUT2D eigenvalue weighted by Gasteiger charge is -2.23. The highest BCUT2D eigenvalue weighted by Crippen LogP contribution is 2.31. The third-order valence-corrected chi connectivity index (χ3v) is 6.73. The monoisotopic (exact) mass is 421 g/mol. The van der Waals surface area contributed by atoms with Crippen LogP contribution >= 0.6 is 0 Å². The molecule has 0 radical (unpaired) electrons. The Kier molecular flexibility index (Phi) is 5.92. The molecule has 1 fully saturated rings. The Morgan fingerprint density at radius 2 is 1.93 bits per heavy atom. The van der Waals surface area contributed by atoms with Crippen molar-refractivity contribution in [2.45, 2.75) is 19.0 Å². The summed E-state index contributed by atoms with van der Waals surface area (Å²) in [5, 5.41) is 4.29. The van der Waals surface area contributed by atoms with E-state index >= 15 is 0 Å². The first kappa shape index (κ1) is 20.8. The second kappa shape index (κ2) is 8.24. The Morgan fingerprint density at radius 1 is 1.21 bits per heavy atom. The van der Waals surface area contributed by atoms with Crippen molar-refractivity contribution in [2.24, 2.45) is 0 Å². The van der Waals surface area contributed by atoms with Crippen LogP contribution in [0, 0.1) is 0 Å². The van der Waals surface area contributed by atoms with E-state index in [-0.39, 0.29) is 30.0 Å². The lowest BCUT2D eigenvalue weighted by Crippen LogP contribution is -2.41. The molecule has 0 spiro atoms. The zero-order valence-electron chi connectivity index (χ0n) is 16.5. The Hall–Kier alpha value is -2.88. The number of carbonyl (C=O) groups is 1. The molecule has 2 heterocycles. The van der Waals surface area contributed by atoms with Gasteiger partial charge in [-0.3, -0.25) is 9.59 Å².